The van der Waals surface area contributed by atoms with Gasteiger partial charge in [-0.15, -0.1) is 0 Å². The van der Waals surface area contributed by atoms with E-state index >= 15 is 0 Å². The molecular weight excluding hydrogens is 276 g/mol. The van der Waals surface area contributed by atoms with E-state index in [2.05, 4.69) is 0 Å². The molecule has 0 saturated carbocycles. The maximum absolute atomic E-state index is 13.1. The molecule has 0 bridgehead atoms. The highest BCUT2D eigenvalue weighted by molar-refractivity contribution is 5.50. The molecule has 0 heterocycles. The number of alkyl halides is 4. The highest BCUT2D eigenvalue weighted by atomic mass is 19.3. The van der Waals surface area contributed by atoms with Gasteiger partial charge in [-0.25, -0.2) is 17.6 Å². The Balaban J connectivity index is 3.26. The van der Waals surface area contributed by atoms with E-state index in [-0.39, 0.29) is 24.7 Å². The van der Waals surface area contributed by atoms with Crippen molar-refractivity contribution >= 4 is 0 Å². The first kappa shape index (κ1) is 16.6. The van der Waals surface area contributed by atoms with Crippen LogP contribution in [0, 0.1) is 0 Å². The molecule has 0 N–H and O–H groups in total. The zero-order chi connectivity index (χ0) is 15.1. The molecular formula is C14H18F4O2. The monoisotopic (exact) mass is 294 g/mol. The van der Waals surface area contributed by atoms with E-state index in [1.54, 1.807) is 13.8 Å². The molecule has 0 aliphatic carbocycles. The average molecular weight is 294 g/mol. The summed E-state index contributed by atoms with van der Waals surface area (Å²) in [6, 6.07) is 2.52. The second kappa shape index (κ2) is 7.97. The second-order valence-electron chi connectivity index (χ2n) is 4.19. The van der Waals surface area contributed by atoms with Crippen LogP contribution in [0.5, 0.6) is 11.5 Å². The number of rotatable bonds is 8. The van der Waals surface area contributed by atoms with Crippen molar-refractivity contribution in [2.75, 3.05) is 13.2 Å². The van der Waals surface area contributed by atoms with Crippen molar-refractivity contribution in [3.8, 4) is 11.5 Å². The van der Waals surface area contributed by atoms with E-state index in [0.717, 1.165) is 0 Å². The molecule has 0 spiro atoms. The molecule has 0 radical (unpaired) electrons. The molecule has 0 unspecified atom stereocenters. The van der Waals surface area contributed by atoms with Crippen LogP contribution in [-0.2, 0) is 0 Å². The standard InChI is InChI=1S/C14H18F4O2/c1-3-7-19-9-5-6-10(20-8-4-2)12(14(17)18)11(9)13(15)16/h5-6,13-14H,3-4,7-8H2,1-2H3. The third-order valence-electron chi connectivity index (χ3n) is 2.57. The van der Waals surface area contributed by atoms with Gasteiger partial charge in [0.05, 0.1) is 24.3 Å². The first-order chi connectivity index (χ1) is 9.52. The molecule has 1 rings (SSSR count). The van der Waals surface area contributed by atoms with Gasteiger partial charge in [-0.05, 0) is 25.0 Å². The Labute approximate surface area is 115 Å². The zero-order valence-electron chi connectivity index (χ0n) is 11.5. The van der Waals surface area contributed by atoms with E-state index in [1.807, 2.05) is 0 Å². The largest absolute Gasteiger partial charge is 0.493 e. The van der Waals surface area contributed by atoms with Crippen molar-refractivity contribution in [1.29, 1.82) is 0 Å². The van der Waals surface area contributed by atoms with Gasteiger partial charge in [0.25, 0.3) is 12.9 Å². The lowest BCUT2D eigenvalue weighted by molar-refractivity contribution is 0.115. The quantitative estimate of drug-likeness (QED) is 0.618. The summed E-state index contributed by atoms with van der Waals surface area (Å²) in [6.07, 6.45) is -4.89. The Morgan fingerprint density at radius 3 is 1.40 bits per heavy atom. The van der Waals surface area contributed by atoms with Crippen molar-refractivity contribution in [3.63, 3.8) is 0 Å². The number of benzene rings is 1. The van der Waals surface area contributed by atoms with E-state index < -0.39 is 24.0 Å². The molecule has 1 aromatic rings. The van der Waals surface area contributed by atoms with Gasteiger partial charge in [0, 0.05) is 0 Å². The summed E-state index contributed by atoms with van der Waals surface area (Å²) in [7, 11) is 0. The van der Waals surface area contributed by atoms with Gasteiger partial charge >= 0.3 is 0 Å². The molecule has 0 saturated heterocycles. The van der Waals surface area contributed by atoms with Gasteiger partial charge in [-0.2, -0.15) is 0 Å². The van der Waals surface area contributed by atoms with Gasteiger partial charge in [-0.3, -0.25) is 0 Å². The van der Waals surface area contributed by atoms with Crippen LogP contribution < -0.4 is 9.47 Å². The Morgan fingerprint density at radius 1 is 0.800 bits per heavy atom. The highest BCUT2D eigenvalue weighted by Gasteiger charge is 2.28. The Morgan fingerprint density at radius 2 is 1.15 bits per heavy atom. The van der Waals surface area contributed by atoms with Crippen molar-refractivity contribution < 1.29 is 27.0 Å². The van der Waals surface area contributed by atoms with Crippen LogP contribution in [0.3, 0.4) is 0 Å². The lowest BCUT2D eigenvalue weighted by Gasteiger charge is -2.18. The van der Waals surface area contributed by atoms with Gasteiger partial charge in [0.15, 0.2) is 0 Å². The zero-order valence-corrected chi connectivity index (χ0v) is 11.5. The van der Waals surface area contributed by atoms with E-state index in [4.69, 9.17) is 9.47 Å². The van der Waals surface area contributed by atoms with Gasteiger partial charge in [0.1, 0.15) is 11.5 Å². The molecule has 0 amide bonds. The van der Waals surface area contributed by atoms with Gasteiger partial charge < -0.3 is 9.47 Å². The molecule has 0 fully saturated rings. The summed E-state index contributed by atoms with van der Waals surface area (Å²) in [5.74, 6) is -0.415. The van der Waals surface area contributed by atoms with Crippen molar-refractivity contribution in [1.82, 2.24) is 0 Å². The molecule has 0 atom stereocenters. The van der Waals surface area contributed by atoms with Crippen LogP contribution in [0.2, 0.25) is 0 Å². The third kappa shape index (κ3) is 4.02. The fourth-order valence-corrected chi connectivity index (χ4v) is 1.72. The molecule has 114 valence electrons. The SMILES string of the molecule is CCCOc1ccc(OCCC)c(C(F)F)c1C(F)F. The van der Waals surface area contributed by atoms with E-state index in [0.29, 0.717) is 12.8 Å². The molecule has 1 aromatic carbocycles. The number of ether oxygens (including phenoxy) is 2. The van der Waals surface area contributed by atoms with E-state index in [9.17, 15) is 17.6 Å². The van der Waals surface area contributed by atoms with Crippen LogP contribution in [-0.4, -0.2) is 13.2 Å². The first-order valence-corrected chi connectivity index (χ1v) is 6.51. The Hall–Kier alpha value is -1.46. The Bertz CT molecular complexity index is 383. The first-order valence-electron chi connectivity index (χ1n) is 6.51. The van der Waals surface area contributed by atoms with Crippen LogP contribution in [0.25, 0.3) is 0 Å². The van der Waals surface area contributed by atoms with Crippen LogP contribution >= 0.6 is 0 Å². The smallest absolute Gasteiger partial charge is 0.268 e. The van der Waals surface area contributed by atoms with E-state index in [1.165, 1.54) is 12.1 Å². The predicted octanol–water partition coefficient (Wildman–Crippen LogP) is 5.14. The summed E-state index contributed by atoms with van der Waals surface area (Å²) < 4.78 is 62.7. The maximum Gasteiger partial charge on any atom is 0.268 e. The second-order valence-corrected chi connectivity index (χ2v) is 4.19. The lowest BCUT2D eigenvalue weighted by atomic mass is 10.1. The minimum absolute atomic E-state index is 0.192. The molecule has 0 aliphatic rings. The number of halogens is 4. The predicted molar refractivity (Wildman–Crippen MR) is 67.9 cm³/mol. The van der Waals surface area contributed by atoms with Crippen molar-refractivity contribution in [2.24, 2.45) is 0 Å². The van der Waals surface area contributed by atoms with Gasteiger partial charge in [0.2, 0.25) is 0 Å². The van der Waals surface area contributed by atoms with Crippen molar-refractivity contribution in [3.05, 3.63) is 23.3 Å². The highest BCUT2D eigenvalue weighted by Crippen LogP contribution is 2.42. The Kier molecular flexibility index (Phi) is 6.61. The molecule has 2 nitrogen and oxygen atoms in total. The summed E-state index contributed by atoms with van der Waals surface area (Å²) >= 11 is 0. The molecule has 20 heavy (non-hydrogen) atoms. The molecule has 0 aliphatic heterocycles. The number of hydrogen-bond donors (Lipinski definition) is 0. The molecule has 0 aromatic heterocycles. The van der Waals surface area contributed by atoms with Crippen LogP contribution in [0.1, 0.15) is 50.7 Å². The third-order valence-corrected chi connectivity index (χ3v) is 2.57. The molecule has 6 heteroatoms. The fraction of sp³-hybridized carbons (Fsp3) is 0.571. The average Bonchev–Trinajstić information content (AvgIpc) is 2.41. The van der Waals surface area contributed by atoms with Crippen LogP contribution in [0.15, 0.2) is 12.1 Å². The normalized spacial score (nSPS) is 11.2. The summed E-state index contributed by atoms with van der Waals surface area (Å²) in [5.41, 5.74) is -1.55. The van der Waals surface area contributed by atoms with Crippen molar-refractivity contribution in [2.45, 2.75) is 39.5 Å². The number of hydrogen-bond acceptors (Lipinski definition) is 2. The summed E-state index contributed by atoms with van der Waals surface area (Å²) in [4.78, 5) is 0. The maximum atomic E-state index is 13.1. The van der Waals surface area contributed by atoms with Crippen LogP contribution in [0.4, 0.5) is 17.6 Å². The minimum atomic E-state index is -3.05. The summed E-state index contributed by atoms with van der Waals surface area (Å²) in [5, 5.41) is 0. The fourth-order valence-electron chi connectivity index (χ4n) is 1.72. The lowest BCUT2D eigenvalue weighted by Crippen LogP contribution is -2.07. The summed E-state index contributed by atoms with van der Waals surface area (Å²) in [6.45, 7) is 3.98. The topological polar surface area (TPSA) is 18.5 Å². The van der Waals surface area contributed by atoms with Gasteiger partial charge in [-0.1, -0.05) is 13.8 Å². The minimum Gasteiger partial charge on any atom is -0.493 e.